The summed E-state index contributed by atoms with van der Waals surface area (Å²) in [6, 6.07) is 23.0. The van der Waals surface area contributed by atoms with Gasteiger partial charge in [0.1, 0.15) is 0 Å². The minimum atomic E-state index is 1.05. The van der Waals surface area contributed by atoms with Crippen LogP contribution in [0.25, 0.3) is 38.4 Å². The summed E-state index contributed by atoms with van der Waals surface area (Å²) < 4.78 is 2.11. The SMILES string of the molecule is c1ccc(-n2[nH]cc3cc4nc5ccccc5c4cc32)cc1. The highest BCUT2D eigenvalue weighted by molar-refractivity contribution is 6.11. The Bertz CT molecular complexity index is 1120. The van der Waals surface area contributed by atoms with Crippen LogP contribution in [0.2, 0.25) is 0 Å². The van der Waals surface area contributed by atoms with Gasteiger partial charge < -0.3 is 5.10 Å². The van der Waals surface area contributed by atoms with Crippen LogP contribution < -0.4 is 0 Å². The maximum atomic E-state index is 4.72. The monoisotopic (exact) mass is 283 g/mol. The van der Waals surface area contributed by atoms with Crippen molar-refractivity contribution in [3.8, 4) is 5.69 Å². The van der Waals surface area contributed by atoms with Crippen molar-refractivity contribution in [2.45, 2.75) is 0 Å². The van der Waals surface area contributed by atoms with Crippen molar-refractivity contribution in [2.24, 2.45) is 0 Å². The van der Waals surface area contributed by atoms with E-state index in [2.05, 4.69) is 52.2 Å². The molecule has 0 saturated carbocycles. The molecule has 0 atom stereocenters. The fraction of sp³-hybridized carbons (Fsp3) is 0. The molecule has 0 saturated heterocycles. The summed E-state index contributed by atoms with van der Waals surface area (Å²) in [6.07, 6.45) is 2.03. The molecule has 5 aromatic rings. The average molecular weight is 283 g/mol. The fourth-order valence-electron chi connectivity index (χ4n) is 3.13. The highest BCUT2D eigenvalue weighted by Crippen LogP contribution is 2.30. The highest BCUT2D eigenvalue weighted by atomic mass is 15.3. The molecule has 0 fully saturated rings. The van der Waals surface area contributed by atoms with E-state index in [0.717, 1.165) is 22.2 Å². The van der Waals surface area contributed by atoms with Crippen LogP contribution in [0.1, 0.15) is 0 Å². The van der Waals surface area contributed by atoms with Crippen LogP contribution in [-0.4, -0.2) is 14.8 Å². The number of aromatic amines is 1. The third-order valence-corrected chi connectivity index (χ3v) is 4.18. The van der Waals surface area contributed by atoms with Gasteiger partial charge in [-0.05, 0) is 30.3 Å². The maximum absolute atomic E-state index is 4.72. The summed E-state index contributed by atoms with van der Waals surface area (Å²) in [5.74, 6) is 0. The van der Waals surface area contributed by atoms with Gasteiger partial charge in [0.05, 0.1) is 22.2 Å². The quantitative estimate of drug-likeness (QED) is 0.477. The Balaban J connectivity index is 1.89. The van der Waals surface area contributed by atoms with Crippen molar-refractivity contribution >= 4 is 32.7 Å². The zero-order valence-corrected chi connectivity index (χ0v) is 11.8. The third-order valence-electron chi connectivity index (χ3n) is 4.18. The third kappa shape index (κ3) is 1.53. The fourth-order valence-corrected chi connectivity index (χ4v) is 3.13. The second kappa shape index (κ2) is 4.21. The summed E-state index contributed by atoms with van der Waals surface area (Å²) in [5, 5.41) is 6.91. The summed E-state index contributed by atoms with van der Waals surface area (Å²) >= 11 is 0. The number of fused-ring (bicyclic) bond motifs is 4. The van der Waals surface area contributed by atoms with Crippen LogP contribution in [0.15, 0.2) is 72.9 Å². The maximum Gasteiger partial charge on any atom is 0.0725 e. The van der Waals surface area contributed by atoms with Gasteiger partial charge in [-0.15, -0.1) is 0 Å². The van der Waals surface area contributed by atoms with Crippen molar-refractivity contribution in [1.29, 1.82) is 0 Å². The van der Waals surface area contributed by atoms with Crippen molar-refractivity contribution in [1.82, 2.24) is 14.8 Å². The van der Waals surface area contributed by atoms with Gasteiger partial charge in [0.15, 0.2) is 0 Å². The van der Waals surface area contributed by atoms with E-state index >= 15 is 0 Å². The molecule has 5 rings (SSSR count). The number of benzene rings is 3. The van der Waals surface area contributed by atoms with Gasteiger partial charge in [-0.1, -0.05) is 36.4 Å². The lowest BCUT2D eigenvalue weighted by Gasteiger charge is -2.04. The van der Waals surface area contributed by atoms with Gasteiger partial charge in [0.25, 0.3) is 0 Å². The van der Waals surface area contributed by atoms with Gasteiger partial charge in [-0.25, -0.2) is 4.98 Å². The van der Waals surface area contributed by atoms with Crippen molar-refractivity contribution in [3.63, 3.8) is 0 Å². The molecule has 0 aliphatic heterocycles. The average Bonchev–Trinajstić information content (AvgIpc) is 3.14. The number of aromatic nitrogens is 3. The first-order valence-electron chi connectivity index (χ1n) is 7.34. The van der Waals surface area contributed by atoms with E-state index in [1.165, 1.54) is 16.2 Å². The predicted molar refractivity (Wildman–Crippen MR) is 90.4 cm³/mol. The van der Waals surface area contributed by atoms with Crippen LogP contribution >= 0.6 is 0 Å². The molecule has 0 aliphatic rings. The van der Waals surface area contributed by atoms with E-state index in [9.17, 15) is 0 Å². The second-order valence-corrected chi connectivity index (χ2v) is 5.50. The van der Waals surface area contributed by atoms with Gasteiger partial charge >= 0.3 is 0 Å². The van der Waals surface area contributed by atoms with E-state index in [4.69, 9.17) is 4.98 Å². The van der Waals surface area contributed by atoms with Gasteiger partial charge in [0, 0.05) is 22.4 Å². The molecule has 3 aromatic carbocycles. The molecule has 0 unspecified atom stereocenters. The minimum absolute atomic E-state index is 1.05. The lowest BCUT2D eigenvalue weighted by molar-refractivity contribution is 0.911. The topological polar surface area (TPSA) is 33.6 Å². The van der Waals surface area contributed by atoms with Gasteiger partial charge in [0.2, 0.25) is 0 Å². The number of H-pyrrole nitrogens is 1. The Morgan fingerprint density at radius 1 is 0.773 bits per heavy atom. The Labute approximate surface area is 126 Å². The van der Waals surface area contributed by atoms with E-state index < -0.39 is 0 Å². The van der Waals surface area contributed by atoms with E-state index in [0.29, 0.717) is 0 Å². The Hall–Kier alpha value is -3.07. The number of nitrogens with one attached hydrogen (secondary N) is 1. The predicted octanol–water partition coefficient (Wildman–Crippen LogP) is 4.66. The zero-order chi connectivity index (χ0) is 14.5. The molecule has 1 N–H and O–H groups in total. The van der Waals surface area contributed by atoms with Gasteiger partial charge in [-0.2, -0.15) is 0 Å². The molecule has 2 aromatic heterocycles. The first-order chi connectivity index (χ1) is 10.9. The molecule has 0 spiro atoms. The molecule has 0 amide bonds. The number of rotatable bonds is 1. The molecule has 0 bridgehead atoms. The molecule has 0 radical (unpaired) electrons. The van der Waals surface area contributed by atoms with Crippen LogP contribution in [0.3, 0.4) is 0 Å². The Morgan fingerprint density at radius 2 is 1.59 bits per heavy atom. The Morgan fingerprint density at radius 3 is 2.50 bits per heavy atom. The van der Waals surface area contributed by atoms with E-state index in [-0.39, 0.29) is 0 Å². The standard InChI is InChI=1S/C19H13N3/c1-2-6-14(7-3-1)22-19-11-16-15-8-4-5-9-17(15)21-18(16)10-13(19)12-20-22/h1-12,20H. The Kier molecular flexibility index (Phi) is 2.22. The van der Waals surface area contributed by atoms with Crippen LogP contribution in [0.4, 0.5) is 0 Å². The summed E-state index contributed by atoms with van der Waals surface area (Å²) in [6.45, 7) is 0. The molecule has 3 heteroatoms. The van der Waals surface area contributed by atoms with Crippen LogP contribution in [-0.2, 0) is 0 Å². The first kappa shape index (κ1) is 11.6. The number of hydrogen-bond donors (Lipinski definition) is 1. The van der Waals surface area contributed by atoms with Crippen LogP contribution in [0, 0.1) is 0 Å². The number of hydrogen-bond acceptors (Lipinski definition) is 1. The molecule has 2 heterocycles. The molecule has 22 heavy (non-hydrogen) atoms. The number of nitrogens with zero attached hydrogens (tertiary/aromatic N) is 2. The minimum Gasteiger partial charge on any atom is -0.300 e. The molecular weight excluding hydrogens is 270 g/mol. The highest BCUT2D eigenvalue weighted by Gasteiger charge is 2.10. The van der Waals surface area contributed by atoms with E-state index in [1.807, 2.05) is 30.5 Å². The lowest BCUT2D eigenvalue weighted by atomic mass is 10.1. The largest absolute Gasteiger partial charge is 0.300 e. The molecular formula is C19H13N3. The second-order valence-electron chi connectivity index (χ2n) is 5.50. The summed E-state index contributed by atoms with van der Waals surface area (Å²) in [7, 11) is 0. The van der Waals surface area contributed by atoms with Crippen molar-refractivity contribution in [2.75, 3.05) is 0 Å². The summed E-state index contributed by atoms with van der Waals surface area (Å²) in [4.78, 5) is 4.72. The van der Waals surface area contributed by atoms with Gasteiger partial charge in [-0.3, -0.25) is 4.68 Å². The van der Waals surface area contributed by atoms with E-state index in [1.54, 1.807) is 0 Å². The van der Waals surface area contributed by atoms with Crippen LogP contribution in [0.5, 0.6) is 0 Å². The smallest absolute Gasteiger partial charge is 0.0725 e. The normalized spacial score (nSPS) is 11.6. The molecule has 0 aliphatic carbocycles. The first-order valence-corrected chi connectivity index (χ1v) is 7.34. The lowest BCUT2D eigenvalue weighted by Crippen LogP contribution is -1.94. The van der Waals surface area contributed by atoms with Crippen molar-refractivity contribution in [3.05, 3.63) is 72.9 Å². The molecule has 104 valence electrons. The summed E-state index contributed by atoms with van der Waals surface area (Å²) in [5.41, 5.74) is 4.39. The zero-order valence-electron chi connectivity index (χ0n) is 11.8. The van der Waals surface area contributed by atoms with Crippen molar-refractivity contribution < 1.29 is 0 Å². The number of para-hydroxylation sites is 2. The molecule has 3 nitrogen and oxygen atoms in total.